The first-order valence-electron chi connectivity index (χ1n) is 6.23. The Morgan fingerprint density at radius 3 is 2.78 bits per heavy atom. The van der Waals surface area contributed by atoms with Crippen LogP contribution in [-0.2, 0) is 4.79 Å². The van der Waals surface area contributed by atoms with E-state index >= 15 is 0 Å². The SMILES string of the molecule is CCN(CC)C(=O)CNc1ccc2sccc2c1. The fraction of sp³-hybridized carbons (Fsp3) is 0.357. The average molecular weight is 262 g/mol. The summed E-state index contributed by atoms with van der Waals surface area (Å²) in [7, 11) is 0. The van der Waals surface area contributed by atoms with Gasteiger partial charge in [0.15, 0.2) is 0 Å². The average Bonchev–Trinajstić information content (AvgIpc) is 2.85. The molecule has 96 valence electrons. The lowest BCUT2D eigenvalue weighted by atomic mass is 10.2. The minimum absolute atomic E-state index is 0.144. The van der Waals surface area contributed by atoms with Crippen LogP contribution in [-0.4, -0.2) is 30.4 Å². The van der Waals surface area contributed by atoms with E-state index in [1.54, 1.807) is 11.3 Å². The number of thiophene rings is 1. The van der Waals surface area contributed by atoms with E-state index in [1.807, 2.05) is 24.8 Å². The van der Waals surface area contributed by atoms with Crippen molar-refractivity contribution >= 4 is 33.0 Å². The van der Waals surface area contributed by atoms with Gasteiger partial charge in [-0.1, -0.05) is 0 Å². The third kappa shape index (κ3) is 2.82. The molecule has 1 amide bonds. The van der Waals surface area contributed by atoms with Gasteiger partial charge in [-0.2, -0.15) is 0 Å². The molecule has 0 fully saturated rings. The van der Waals surface area contributed by atoms with Gasteiger partial charge in [0.25, 0.3) is 0 Å². The first kappa shape index (κ1) is 12.9. The van der Waals surface area contributed by atoms with Crippen molar-refractivity contribution in [2.75, 3.05) is 25.0 Å². The Morgan fingerprint density at radius 2 is 2.06 bits per heavy atom. The van der Waals surface area contributed by atoms with Crippen LogP contribution in [0.2, 0.25) is 0 Å². The first-order valence-corrected chi connectivity index (χ1v) is 7.11. The van der Waals surface area contributed by atoms with Gasteiger partial charge in [0, 0.05) is 23.5 Å². The molecule has 1 aromatic carbocycles. The minimum Gasteiger partial charge on any atom is -0.376 e. The van der Waals surface area contributed by atoms with E-state index in [0.29, 0.717) is 6.54 Å². The van der Waals surface area contributed by atoms with E-state index in [9.17, 15) is 4.79 Å². The van der Waals surface area contributed by atoms with Crippen molar-refractivity contribution in [3.8, 4) is 0 Å². The quantitative estimate of drug-likeness (QED) is 0.897. The molecular weight excluding hydrogens is 244 g/mol. The lowest BCUT2D eigenvalue weighted by Gasteiger charge is -2.19. The summed E-state index contributed by atoms with van der Waals surface area (Å²) in [6.07, 6.45) is 0. The number of carbonyl (C=O) groups is 1. The maximum absolute atomic E-state index is 11.9. The Morgan fingerprint density at radius 1 is 1.28 bits per heavy atom. The molecule has 0 aliphatic rings. The highest BCUT2D eigenvalue weighted by atomic mass is 32.1. The number of anilines is 1. The van der Waals surface area contributed by atoms with Crippen molar-refractivity contribution in [2.24, 2.45) is 0 Å². The Labute approximate surface area is 111 Å². The van der Waals surface area contributed by atoms with Gasteiger partial charge in [-0.3, -0.25) is 4.79 Å². The second-order valence-corrected chi connectivity index (χ2v) is 5.04. The van der Waals surface area contributed by atoms with E-state index in [2.05, 4.69) is 28.9 Å². The number of nitrogens with one attached hydrogen (secondary N) is 1. The van der Waals surface area contributed by atoms with E-state index in [4.69, 9.17) is 0 Å². The van der Waals surface area contributed by atoms with Crippen molar-refractivity contribution in [2.45, 2.75) is 13.8 Å². The molecule has 4 heteroatoms. The number of hydrogen-bond acceptors (Lipinski definition) is 3. The highest BCUT2D eigenvalue weighted by Gasteiger charge is 2.08. The van der Waals surface area contributed by atoms with Crippen LogP contribution in [0.25, 0.3) is 10.1 Å². The number of fused-ring (bicyclic) bond motifs is 1. The predicted octanol–water partition coefficient (Wildman–Crippen LogP) is 3.18. The molecule has 2 rings (SSSR count). The molecule has 1 N–H and O–H groups in total. The number of carbonyl (C=O) groups excluding carboxylic acids is 1. The topological polar surface area (TPSA) is 32.3 Å². The van der Waals surface area contributed by atoms with Gasteiger partial charge < -0.3 is 10.2 Å². The Kier molecular flexibility index (Phi) is 4.20. The largest absolute Gasteiger partial charge is 0.376 e. The normalized spacial score (nSPS) is 10.6. The number of amides is 1. The van der Waals surface area contributed by atoms with Crippen molar-refractivity contribution in [1.82, 2.24) is 4.90 Å². The van der Waals surface area contributed by atoms with Crippen LogP contribution in [0.15, 0.2) is 29.6 Å². The lowest BCUT2D eigenvalue weighted by Crippen LogP contribution is -2.35. The van der Waals surface area contributed by atoms with Crippen molar-refractivity contribution < 1.29 is 4.79 Å². The number of rotatable bonds is 5. The van der Waals surface area contributed by atoms with Gasteiger partial charge in [-0.25, -0.2) is 0 Å². The van der Waals surface area contributed by atoms with Gasteiger partial charge >= 0.3 is 0 Å². The summed E-state index contributed by atoms with van der Waals surface area (Å²) in [5, 5.41) is 6.49. The Balaban J connectivity index is 1.99. The van der Waals surface area contributed by atoms with Crippen LogP contribution in [0.5, 0.6) is 0 Å². The molecule has 0 aliphatic heterocycles. The predicted molar refractivity (Wildman–Crippen MR) is 78.2 cm³/mol. The lowest BCUT2D eigenvalue weighted by molar-refractivity contribution is -0.128. The van der Waals surface area contributed by atoms with Crippen LogP contribution in [0.1, 0.15) is 13.8 Å². The summed E-state index contributed by atoms with van der Waals surface area (Å²) in [5.74, 6) is 0.144. The summed E-state index contributed by atoms with van der Waals surface area (Å²) in [4.78, 5) is 13.7. The smallest absolute Gasteiger partial charge is 0.241 e. The standard InChI is InChI=1S/C14H18N2OS/c1-3-16(4-2)14(17)10-15-12-5-6-13-11(9-12)7-8-18-13/h5-9,15H,3-4,10H2,1-2H3. The van der Waals surface area contributed by atoms with Crippen LogP contribution in [0, 0.1) is 0 Å². The second-order valence-electron chi connectivity index (χ2n) is 4.09. The molecule has 0 aliphatic carbocycles. The van der Waals surface area contributed by atoms with E-state index < -0.39 is 0 Å². The summed E-state index contributed by atoms with van der Waals surface area (Å²) < 4.78 is 1.27. The maximum atomic E-state index is 11.9. The summed E-state index contributed by atoms with van der Waals surface area (Å²) >= 11 is 1.73. The fourth-order valence-corrected chi connectivity index (χ4v) is 2.71. The number of likely N-dealkylation sites (N-methyl/N-ethyl adjacent to an activating group) is 1. The number of nitrogens with zero attached hydrogens (tertiary/aromatic N) is 1. The molecule has 0 unspecified atom stereocenters. The highest BCUT2D eigenvalue weighted by molar-refractivity contribution is 7.17. The van der Waals surface area contributed by atoms with Gasteiger partial charge in [0.2, 0.25) is 5.91 Å². The van der Waals surface area contributed by atoms with Crippen molar-refractivity contribution in [1.29, 1.82) is 0 Å². The summed E-state index contributed by atoms with van der Waals surface area (Å²) in [6.45, 7) is 5.89. The molecule has 3 nitrogen and oxygen atoms in total. The maximum Gasteiger partial charge on any atom is 0.241 e. The van der Waals surface area contributed by atoms with Gasteiger partial charge in [-0.05, 0) is 48.9 Å². The molecule has 18 heavy (non-hydrogen) atoms. The van der Waals surface area contributed by atoms with Gasteiger partial charge in [0.05, 0.1) is 6.54 Å². The fourth-order valence-electron chi connectivity index (χ4n) is 1.94. The molecule has 2 aromatic rings. The zero-order chi connectivity index (χ0) is 13.0. The third-order valence-electron chi connectivity index (χ3n) is 3.01. The molecule has 1 aromatic heterocycles. The first-order chi connectivity index (χ1) is 8.74. The molecular formula is C14H18N2OS. The summed E-state index contributed by atoms with van der Waals surface area (Å²) in [6, 6.07) is 8.29. The Bertz CT molecular complexity index is 531. The summed E-state index contributed by atoms with van der Waals surface area (Å²) in [5.41, 5.74) is 1.00. The number of benzene rings is 1. The zero-order valence-electron chi connectivity index (χ0n) is 10.8. The number of hydrogen-bond donors (Lipinski definition) is 1. The Hall–Kier alpha value is -1.55. The van der Waals surface area contributed by atoms with Crippen molar-refractivity contribution in [3.63, 3.8) is 0 Å². The van der Waals surface area contributed by atoms with Gasteiger partial charge in [0.1, 0.15) is 0 Å². The van der Waals surface area contributed by atoms with E-state index in [0.717, 1.165) is 18.8 Å². The minimum atomic E-state index is 0.144. The highest BCUT2D eigenvalue weighted by Crippen LogP contribution is 2.23. The third-order valence-corrected chi connectivity index (χ3v) is 3.91. The zero-order valence-corrected chi connectivity index (χ0v) is 11.6. The molecule has 0 bridgehead atoms. The molecule has 0 saturated heterocycles. The van der Waals surface area contributed by atoms with Gasteiger partial charge in [-0.15, -0.1) is 11.3 Å². The van der Waals surface area contributed by atoms with E-state index in [-0.39, 0.29) is 5.91 Å². The van der Waals surface area contributed by atoms with Crippen LogP contribution >= 0.6 is 11.3 Å². The molecule has 0 saturated carbocycles. The van der Waals surface area contributed by atoms with Crippen LogP contribution < -0.4 is 5.32 Å². The molecule has 0 radical (unpaired) electrons. The molecule has 1 heterocycles. The monoisotopic (exact) mass is 262 g/mol. The second kappa shape index (κ2) is 5.87. The van der Waals surface area contributed by atoms with Crippen molar-refractivity contribution in [3.05, 3.63) is 29.6 Å². The molecule has 0 atom stereocenters. The van der Waals surface area contributed by atoms with E-state index in [1.165, 1.54) is 10.1 Å². The van der Waals surface area contributed by atoms with Crippen LogP contribution in [0.3, 0.4) is 0 Å². The molecule has 0 spiro atoms. The van der Waals surface area contributed by atoms with Crippen LogP contribution in [0.4, 0.5) is 5.69 Å².